The molecule has 2 aromatic heterocycles. The molecule has 7 nitrogen and oxygen atoms in total. The number of carbonyl (C=O) groups excluding carboxylic acids is 1. The summed E-state index contributed by atoms with van der Waals surface area (Å²) < 4.78 is 2.43. The Hall–Kier alpha value is -2.48. The predicted octanol–water partition coefficient (Wildman–Crippen LogP) is 4.59. The van der Waals surface area contributed by atoms with E-state index in [0.717, 1.165) is 15.7 Å². The Balaban J connectivity index is 1.96. The van der Waals surface area contributed by atoms with E-state index in [1.165, 1.54) is 0 Å². The molecule has 0 fully saturated rings. The number of aromatic hydroxyl groups is 1. The number of nitrogens with zero attached hydrogens (tertiary/aromatic N) is 4. The molecule has 8 heteroatoms. The Bertz CT molecular complexity index is 995. The molecule has 0 unspecified atom stereocenters. The third-order valence-electron chi connectivity index (χ3n) is 3.95. The molecule has 2 heterocycles. The van der Waals surface area contributed by atoms with Crippen molar-refractivity contribution in [1.29, 1.82) is 0 Å². The van der Waals surface area contributed by atoms with E-state index in [4.69, 9.17) is 0 Å². The zero-order valence-corrected chi connectivity index (χ0v) is 15.9. The second-order valence-electron chi connectivity index (χ2n) is 6.81. The lowest BCUT2D eigenvalue weighted by molar-refractivity contribution is 0.0990. The van der Waals surface area contributed by atoms with Crippen molar-refractivity contribution in [2.24, 2.45) is 17.3 Å². The van der Waals surface area contributed by atoms with Gasteiger partial charge in [-0.2, -0.15) is 5.10 Å². The van der Waals surface area contributed by atoms with Crippen LogP contribution in [0, 0.1) is 0 Å². The van der Waals surface area contributed by atoms with Gasteiger partial charge in [-0.25, -0.2) is 0 Å². The Morgan fingerprint density at radius 2 is 2.04 bits per heavy atom. The molecular formula is C17H18BrN5O2. The molecule has 0 saturated carbocycles. The molecule has 130 valence electrons. The quantitative estimate of drug-likeness (QED) is 0.612. The molecule has 0 saturated heterocycles. The first-order valence-electron chi connectivity index (χ1n) is 7.67. The topological polar surface area (TPSA) is 95.6 Å². The molecule has 0 radical (unpaired) electrons. The van der Waals surface area contributed by atoms with Gasteiger partial charge in [0.15, 0.2) is 11.4 Å². The van der Waals surface area contributed by atoms with E-state index >= 15 is 0 Å². The summed E-state index contributed by atoms with van der Waals surface area (Å²) in [5.74, 6) is -0.625. The summed E-state index contributed by atoms with van der Waals surface area (Å²) in [7, 11) is 1.72. The average molecular weight is 404 g/mol. The van der Waals surface area contributed by atoms with Gasteiger partial charge in [0.25, 0.3) is 0 Å². The molecule has 0 bridgehead atoms. The fourth-order valence-corrected chi connectivity index (χ4v) is 2.81. The fourth-order valence-electron chi connectivity index (χ4n) is 2.44. The standard InChI is InChI=1S/C17H18BrN5O2/c1-17(2,3)13-8-11(19-20-13)15(24)22-21-14-10-7-9(18)5-6-12(10)23(4)16(14)25/h5-8,25H,1-4H3,(H,19,20). The number of H-pyrrole nitrogens is 1. The highest BCUT2D eigenvalue weighted by molar-refractivity contribution is 9.10. The van der Waals surface area contributed by atoms with Gasteiger partial charge in [-0.1, -0.05) is 36.7 Å². The highest BCUT2D eigenvalue weighted by Crippen LogP contribution is 2.39. The van der Waals surface area contributed by atoms with Crippen LogP contribution in [-0.4, -0.2) is 25.8 Å². The lowest BCUT2D eigenvalue weighted by Gasteiger charge is -2.14. The lowest BCUT2D eigenvalue weighted by Crippen LogP contribution is -2.11. The second kappa shape index (κ2) is 6.11. The monoisotopic (exact) mass is 403 g/mol. The van der Waals surface area contributed by atoms with Gasteiger partial charge in [0, 0.05) is 28.0 Å². The average Bonchev–Trinajstić information content (AvgIpc) is 3.11. The number of amides is 1. The van der Waals surface area contributed by atoms with Crippen LogP contribution < -0.4 is 0 Å². The fraction of sp³-hybridized carbons (Fsp3) is 0.294. The van der Waals surface area contributed by atoms with Crippen LogP contribution in [0.2, 0.25) is 0 Å². The van der Waals surface area contributed by atoms with Crippen LogP contribution >= 0.6 is 15.9 Å². The van der Waals surface area contributed by atoms with E-state index in [1.807, 2.05) is 39.0 Å². The zero-order chi connectivity index (χ0) is 18.4. The van der Waals surface area contributed by atoms with Crippen molar-refractivity contribution in [3.8, 4) is 5.88 Å². The van der Waals surface area contributed by atoms with E-state index in [2.05, 4.69) is 36.4 Å². The maximum absolute atomic E-state index is 12.2. The zero-order valence-electron chi connectivity index (χ0n) is 14.3. The van der Waals surface area contributed by atoms with E-state index in [-0.39, 0.29) is 22.7 Å². The number of benzene rings is 1. The summed E-state index contributed by atoms with van der Waals surface area (Å²) in [5.41, 5.74) is 1.91. The highest BCUT2D eigenvalue weighted by atomic mass is 79.9. The summed E-state index contributed by atoms with van der Waals surface area (Å²) in [4.78, 5) is 12.2. The first-order valence-corrected chi connectivity index (χ1v) is 8.46. The number of azo groups is 1. The summed E-state index contributed by atoms with van der Waals surface area (Å²) >= 11 is 3.39. The number of hydrogen-bond donors (Lipinski definition) is 2. The minimum absolute atomic E-state index is 0.0536. The second-order valence-corrected chi connectivity index (χ2v) is 7.73. The Morgan fingerprint density at radius 1 is 1.32 bits per heavy atom. The summed E-state index contributed by atoms with van der Waals surface area (Å²) in [5, 5.41) is 25.5. The SMILES string of the molecule is Cn1c(O)c(N=NC(=O)c2cc(C(C)(C)C)[nH]n2)c2cc(Br)ccc21. The Kier molecular flexibility index (Phi) is 4.24. The van der Waals surface area contributed by atoms with Gasteiger partial charge < -0.3 is 9.67 Å². The minimum Gasteiger partial charge on any atom is -0.493 e. The maximum atomic E-state index is 12.2. The van der Waals surface area contributed by atoms with Crippen molar-refractivity contribution in [3.05, 3.63) is 40.1 Å². The number of hydrogen-bond acceptors (Lipinski definition) is 4. The number of aromatic amines is 1. The normalized spacial score (nSPS) is 12.4. The molecule has 2 N–H and O–H groups in total. The van der Waals surface area contributed by atoms with Crippen LogP contribution in [0.1, 0.15) is 37.0 Å². The van der Waals surface area contributed by atoms with Crippen LogP contribution in [0.3, 0.4) is 0 Å². The third-order valence-corrected chi connectivity index (χ3v) is 4.44. The Morgan fingerprint density at radius 3 is 2.68 bits per heavy atom. The summed E-state index contributed by atoms with van der Waals surface area (Å²) in [6.07, 6.45) is 0. The van der Waals surface area contributed by atoms with Crippen molar-refractivity contribution in [3.63, 3.8) is 0 Å². The number of nitrogens with one attached hydrogen (secondary N) is 1. The number of carbonyl (C=O) groups is 1. The molecule has 1 amide bonds. The van der Waals surface area contributed by atoms with Crippen LogP contribution in [0.15, 0.2) is 39.0 Å². The molecule has 0 atom stereocenters. The van der Waals surface area contributed by atoms with Gasteiger partial charge in [-0.15, -0.1) is 10.2 Å². The van der Waals surface area contributed by atoms with Crippen molar-refractivity contribution in [2.75, 3.05) is 0 Å². The number of halogens is 1. The summed E-state index contributed by atoms with van der Waals surface area (Å²) in [6.45, 7) is 6.05. The highest BCUT2D eigenvalue weighted by Gasteiger charge is 2.20. The molecule has 0 spiro atoms. The Labute approximate surface area is 152 Å². The van der Waals surface area contributed by atoms with Crippen LogP contribution in [-0.2, 0) is 12.5 Å². The van der Waals surface area contributed by atoms with Crippen LogP contribution in [0.4, 0.5) is 5.69 Å². The molecular weight excluding hydrogens is 386 g/mol. The van der Waals surface area contributed by atoms with E-state index in [1.54, 1.807) is 17.7 Å². The van der Waals surface area contributed by atoms with Crippen molar-refractivity contribution in [1.82, 2.24) is 14.8 Å². The minimum atomic E-state index is -0.571. The number of aromatic nitrogens is 3. The van der Waals surface area contributed by atoms with E-state index < -0.39 is 5.91 Å². The lowest BCUT2D eigenvalue weighted by atomic mass is 9.92. The molecule has 25 heavy (non-hydrogen) atoms. The van der Waals surface area contributed by atoms with E-state index in [0.29, 0.717) is 5.39 Å². The molecule has 0 aliphatic rings. The molecule has 0 aliphatic heterocycles. The number of fused-ring (bicyclic) bond motifs is 1. The third kappa shape index (κ3) is 3.21. The van der Waals surface area contributed by atoms with Crippen LogP contribution in [0.5, 0.6) is 5.88 Å². The predicted molar refractivity (Wildman–Crippen MR) is 98.4 cm³/mol. The molecule has 3 rings (SSSR count). The number of rotatable bonds is 2. The number of aryl methyl sites for hydroxylation is 1. The van der Waals surface area contributed by atoms with Gasteiger partial charge in [0.05, 0.1) is 5.52 Å². The smallest absolute Gasteiger partial charge is 0.315 e. The van der Waals surface area contributed by atoms with Crippen molar-refractivity contribution < 1.29 is 9.90 Å². The van der Waals surface area contributed by atoms with Gasteiger partial charge in [-0.05, 0) is 24.3 Å². The molecule has 3 aromatic rings. The first-order chi connectivity index (χ1) is 11.7. The van der Waals surface area contributed by atoms with Crippen LogP contribution in [0.25, 0.3) is 10.9 Å². The first kappa shape index (κ1) is 17.3. The maximum Gasteiger partial charge on any atom is 0.315 e. The van der Waals surface area contributed by atoms with Gasteiger partial charge in [0.2, 0.25) is 5.88 Å². The summed E-state index contributed by atoms with van der Waals surface area (Å²) in [6, 6.07) is 7.20. The van der Waals surface area contributed by atoms with Gasteiger partial charge >= 0.3 is 5.91 Å². The molecule has 1 aromatic carbocycles. The molecule has 0 aliphatic carbocycles. The van der Waals surface area contributed by atoms with Crippen molar-refractivity contribution in [2.45, 2.75) is 26.2 Å². The largest absolute Gasteiger partial charge is 0.493 e. The van der Waals surface area contributed by atoms with Gasteiger partial charge in [-0.3, -0.25) is 9.89 Å². The van der Waals surface area contributed by atoms with Gasteiger partial charge in [0.1, 0.15) is 0 Å². The van der Waals surface area contributed by atoms with Crippen molar-refractivity contribution >= 4 is 38.4 Å². The van der Waals surface area contributed by atoms with E-state index in [9.17, 15) is 9.90 Å².